The second-order valence-electron chi connectivity index (χ2n) is 6.33. The normalized spacial score (nSPS) is 18.1. The van der Waals surface area contributed by atoms with Crippen molar-refractivity contribution in [2.24, 2.45) is 0 Å². The van der Waals surface area contributed by atoms with Gasteiger partial charge in [0.05, 0.1) is 11.7 Å². The molecule has 1 heterocycles. The number of hydrogen-bond acceptors (Lipinski definition) is 4. The van der Waals surface area contributed by atoms with Gasteiger partial charge in [-0.3, -0.25) is 0 Å². The second-order valence-corrected chi connectivity index (χ2v) is 7.48. The zero-order valence-corrected chi connectivity index (χ0v) is 15.3. The van der Waals surface area contributed by atoms with Crippen molar-refractivity contribution in [3.8, 4) is 0 Å². The number of halogens is 1. The van der Waals surface area contributed by atoms with E-state index in [0.717, 1.165) is 33.8 Å². The van der Waals surface area contributed by atoms with E-state index in [1.165, 1.54) is 11.8 Å². The van der Waals surface area contributed by atoms with Crippen LogP contribution in [-0.2, 0) is 15.1 Å². The van der Waals surface area contributed by atoms with Gasteiger partial charge in [0.15, 0.2) is 0 Å². The Morgan fingerprint density at radius 3 is 2.40 bits per heavy atom. The molecule has 0 amide bonds. The third kappa shape index (κ3) is 4.23. The predicted molar refractivity (Wildman–Crippen MR) is 96.3 cm³/mol. The van der Waals surface area contributed by atoms with Crippen molar-refractivity contribution in [3.05, 3.63) is 59.4 Å². The first-order chi connectivity index (χ1) is 12.0. The summed E-state index contributed by atoms with van der Waals surface area (Å²) in [5.41, 5.74) is 1.25. The number of aliphatic hydroxyl groups is 1. The van der Waals surface area contributed by atoms with E-state index in [-0.39, 0.29) is 5.82 Å². The lowest BCUT2D eigenvalue weighted by atomic mass is 9.86. The van der Waals surface area contributed by atoms with Crippen LogP contribution in [0.5, 0.6) is 0 Å². The predicted octanol–water partition coefficient (Wildman–Crippen LogP) is 4.68. The molecule has 1 fully saturated rings. The molecule has 134 valence electrons. The van der Waals surface area contributed by atoms with Gasteiger partial charge in [-0.2, -0.15) is 0 Å². The van der Waals surface area contributed by atoms with E-state index in [9.17, 15) is 9.50 Å². The molecule has 5 heteroatoms. The smallest absolute Gasteiger partial charge is 0.124 e. The lowest BCUT2D eigenvalue weighted by Gasteiger charge is -2.36. The summed E-state index contributed by atoms with van der Waals surface area (Å²) in [6.07, 6.45) is 0.954. The van der Waals surface area contributed by atoms with Crippen molar-refractivity contribution in [2.45, 2.75) is 41.3 Å². The Kier molecular flexibility index (Phi) is 5.79. The summed E-state index contributed by atoms with van der Waals surface area (Å²) in [7, 11) is 1.68. The molecule has 1 atom stereocenters. The van der Waals surface area contributed by atoms with Crippen LogP contribution < -0.4 is 0 Å². The van der Waals surface area contributed by atoms with E-state index < -0.39 is 11.7 Å². The maximum Gasteiger partial charge on any atom is 0.124 e. The quantitative estimate of drug-likeness (QED) is 0.838. The van der Waals surface area contributed by atoms with Crippen LogP contribution in [0.1, 0.15) is 37.0 Å². The third-order valence-electron chi connectivity index (χ3n) is 4.69. The van der Waals surface area contributed by atoms with E-state index in [2.05, 4.69) is 0 Å². The van der Waals surface area contributed by atoms with Gasteiger partial charge in [0.25, 0.3) is 0 Å². The van der Waals surface area contributed by atoms with Crippen molar-refractivity contribution in [1.82, 2.24) is 0 Å². The van der Waals surface area contributed by atoms with Crippen LogP contribution in [0.3, 0.4) is 0 Å². The molecule has 0 radical (unpaired) electrons. The summed E-state index contributed by atoms with van der Waals surface area (Å²) in [5.74, 6) is -0.261. The molecule has 0 saturated carbocycles. The van der Waals surface area contributed by atoms with E-state index in [4.69, 9.17) is 9.47 Å². The summed E-state index contributed by atoms with van der Waals surface area (Å²) in [6, 6.07) is 12.8. The molecule has 25 heavy (non-hydrogen) atoms. The molecule has 0 bridgehead atoms. The zero-order chi connectivity index (χ0) is 17.9. The largest absolute Gasteiger partial charge is 0.389 e. The van der Waals surface area contributed by atoms with Crippen LogP contribution in [0.4, 0.5) is 4.39 Å². The van der Waals surface area contributed by atoms with E-state index in [1.54, 1.807) is 26.2 Å². The Morgan fingerprint density at radius 2 is 1.80 bits per heavy atom. The Hall–Kier alpha value is -1.40. The highest BCUT2D eigenvalue weighted by Crippen LogP contribution is 2.39. The van der Waals surface area contributed by atoms with Gasteiger partial charge in [0, 0.05) is 43.0 Å². The number of ether oxygens (including phenoxy) is 2. The van der Waals surface area contributed by atoms with Gasteiger partial charge in [0.1, 0.15) is 5.82 Å². The van der Waals surface area contributed by atoms with Crippen molar-refractivity contribution >= 4 is 11.8 Å². The molecular formula is C20H23FO3S. The molecule has 2 aromatic rings. The first-order valence-electron chi connectivity index (χ1n) is 8.42. The van der Waals surface area contributed by atoms with Gasteiger partial charge in [-0.25, -0.2) is 4.39 Å². The average Bonchev–Trinajstić information content (AvgIpc) is 2.62. The number of methoxy groups -OCH3 is 1. The van der Waals surface area contributed by atoms with Crippen LogP contribution in [-0.4, -0.2) is 25.4 Å². The van der Waals surface area contributed by atoms with Crippen molar-refractivity contribution in [2.75, 3.05) is 20.3 Å². The summed E-state index contributed by atoms with van der Waals surface area (Å²) in [6.45, 7) is 2.97. The minimum Gasteiger partial charge on any atom is -0.389 e. The fourth-order valence-corrected chi connectivity index (χ4v) is 4.05. The highest BCUT2D eigenvalue weighted by molar-refractivity contribution is 7.99. The highest BCUT2D eigenvalue weighted by Gasteiger charge is 2.35. The van der Waals surface area contributed by atoms with Gasteiger partial charge in [-0.05, 0) is 48.4 Å². The number of hydrogen-bond donors (Lipinski definition) is 1. The lowest BCUT2D eigenvalue weighted by Crippen LogP contribution is -2.35. The number of aliphatic hydroxyl groups excluding tert-OH is 1. The molecule has 0 spiro atoms. The van der Waals surface area contributed by atoms with Gasteiger partial charge in [0.2, 0.25) is 0 Å². The average molecular weight is 362 g/mol. The molecule has 0 aliphatic carbocycles. The molecule has 0 aromatic heterocycles. The molecule has 3 rings (SSSR count). The first-order valence-corrected chi connectivity index (χ1v) is 9.24. The Balaban J connectivity index is 1.86. The standard InChI is InChI=1S/C20H23FO3S/c1-14(22)15-3-5-18(6-4-15)25-19-12-16(11-17(21)13-19)20(23-2)7-9-24-10-8-20/h3-6,11-14,22H,7-10H2,1-2H3. The molecule has 3 nitrogen and oxygen atoms in total. The highest BCUT2D eigenvalue weighted by atomic mass is 32.2. The van der Waals surface area contributed by atoms with Crippen molar-refractivity contribution < 1.29 is 19.0 Å². The summed E-state index contributed by atoms with van der Waals surface area (Å²) < 4.78 is 25.4. The zero-order valence-electron chi connectivity index (χ0n) is 14.5. The Bertz CT molecular complexity index is 709. The Morgan fingerprint density at radius 1 is 1.12 bits per heavy atom. The second kappa shape index (κ2) is 7.87. The van der Waals surface area contributed by atoms with Gasteiger partial charge in [-0.15, -0.1) is 0 Å². The summed E-state index contributed by atoms with van der Waals surface area (Å²) in [4.78, 5) is 1.84. The number of benzene rings is 2. The molecule has 2 aromatic carbocycles. The summed E-state index contributed by atoms with van der Waals surface area (Å²) in [5, 5.41) is 9.60. The molecule has 1 aliphatic heterocycles. The molecule has 1 N–H and O–H groups in total. The van der Waals surface area contributed by atoms with E-state index >= 15 is 0 Å². The SMILES string of the molecule is COC1(c2cc(F)cc(Sc3ccc(C(C)O)cc3)c2)CCOCC1. The van der Waals surface area contributed by atoms with Crippen LogP contribution in [0.25, 0.3) is 0 Å². The maximum atomic E-state index is 14.2. The fourth-order valence-electron chi connectivity index (χ4n) is 3.15. The van der Waals surface area contributed by atoms with Crippen LogP contribution in [0, 0.1) is 5.82 Å². The van der Waals surface area contributed by atoms with Crippen molar-refractivity contribution in [3.63, 3.8) is 0 Å². The lowest BCUT2D eigenvalue weighted by molar-refractivity contribution is -0.0950. The maximum absolute atomic E-state index is 14.2. The van der Waals surface area contributed by atoms with E-state index in [0.29, 0.717) is 13.2 Å². The Labute approximate surface area is 152 Å². The van der Waals surface area contributed by atoms with Gasteiger partial charge < -0.3 is 14.6 Å². The molecule has 1 aliphatic rings. The molecular weight excluding hydrogens is 339 g/mol. The monoisotopic (exact) mass is 362 g/mol. The van der Waals surface area contributed by atoms with Crippen LogP contribution in [0.15, 0.2) is 52.3 Å². The van der Waals surface area contributed by atoms with Crippen LogP contribution >= 0.6 is 11.8 Å². The summed E-state index contributed by atoms with van der Waals surface area (Å²) >= 11 is 1.50. The first kappa shape index (κ1) is 18.4. The topological polar surface area (TPSA) is 38.7 Å². The molecule has 1 saturated heterocycles. The third-order valence-corrected chi connectivity index (χ3v) is 5.67. The van der Waals surface area contributed by atoms with E-state index in [1.807, 2.05) is 30.3 Å². The van der Waals surface area contributed by atoms with Crippen molar-refractivity contribution in [1.29, 1.82) is 0 Å². The minimum absolute atomic E-state index is 0.261. The van der Waals surface area contributed by atoms with Crippen LogP contribution in [0.2, 0.25) is 0 Å². The van der Waals surface area contributed by atoms with Gasteiger partial charge >= 0.3 is 0 Å². The fraction of sp³-hybridized carbons (Fsp3) is 0.400. The number of rotatable bonds is 5. The van der Waals surface area contributed by atoms with Gasteiger partial charge in [-0.1, -0.05) is 23.9 Å². The minimum atomic E-state index is -0.491. The molecule has 1 unspecified atom stereocenters.